The third-order valence-corrected chi connectivity index (χ3v) is 8.67. The Kier molecular flexibility index (Phi) is 8.62. The van der Waals surface area contributed by atoms with Crippen molar-refractivity contribution in [1.82, 2.24) is 19.2 Å². The molecular formula is C36H34FN5O5. The number of carbonyl (C=O) groups is 2. The van der Waals surface area contributed by atoms with Crippen molar-refractivity contribution >= 4 is 28.4 Å². The Labute approximate surface area is 270 Å². The van der Waals surface area contributed by atoms with E-state index in [9.17, 15) is 14.4 Å². The first-order chi connectivity index (χ1) is 22.7. The lowest BCUT2D eigenvalue weighted by molar-refractivity contribution is -0.127. The number of halogens is 1. The van der Waals surface area contributed by atoms with Crippen LogP contribution in [-0.2, 0) is 11.8 Å². The van der Waals surface area contributed by atoms with Crippen molar-refractivity contribution in [2.45, 2.75) is 25.7 Å². The number of rotatable bonds is 8. The van der Waals surface area contributed by atoms with Crippen LogP contribution in [0.25, 0.3) is 16.6 Å². The SMILES string of the molecule is C=CC(=O)N1CCC(c2cc3c(Oc4ccc(NC(=O)c5c(C)n(C)n(-c6ccccc6)c5=O)cc4F)ccnc3cc2OC)CC1. The lowest BCUT2D eigenvalue weighted by Crippen LogP contribution is -2.36. The van der Waals surface area contributed by atoms with Crippen LogP contribution in [0.1, 0.15) is 40.4 Å². The second-order valence-corrected chi connectivity index (χ2v) is 11.4. The quantitative estimate of drug-likeness (QED) is 0.206. The van der Waals surface area contributed by atoms with Crippen molar-refractivity contribution in [2.75, 3.05) is 25.5 Å². The average molecular weight is 636 g/mol. The number of amides is 2. The predicted octanol–water partition coefficient (Wildman–Crippen LogP) is 6.12. The van der Waals surface area contributed by atoms with E-state index in [1.807, 2.05) is 18.2 Å². The molecule has 1 aliphatic rings. The third kappa shape index (κ3) is 5.99. The summed E-state index contributed by atoms with van der Waals surface area (Å²) < 4.78 is 30.2. The molecule has 0 unspecified atom stereocenters. The van der Waals surface area contributed by atoms with Gasteiger partial charge in [0.15, 0.2) is 11.6 Å². The summed E-state index contributed by atoms with van der Waals surface area (Å²) >= 11 is 0. The smallest absolute Gasteiger partial charge is 0.284 e. The summed E-state index contributed by atoms with van der Waals surface area (Å²) in [7, 11) is 3.30. The van der Waals surface area contributed by atoms with Gasteiger partial charge < -0.3 is 19.7 Å². The fourth-order valence-corrected chi connectivity index (χ4v) is 6.09. The van der Waals surface area contributed by atoms with Crippen molar-refractivity contribution in [2.24, 2.45) is 7.05 Å². The van der Waals surface area contributed by atoms with E-state index < -0.39 is 17.3 Å². The fraction of sp³-hybridized carbons (Fsp3) is 0.222. The molecule has 6 rings (SSSR count). The van der Waals surface area contributed by atoms with E-state index in [1.165, 1.54) is 22.9 Å². The zero-order chi connectivity index (χ0) is 33.2. The highest BCUT2D eigenvalue weighted by molar-refractivity contribution is 6.05. The van der Waals surface area contributed by atoms with Gasteiger partial charge in [0, 0.05) is 49.5 Å². The number of pyridine rings is 1. The van der Waals surface area contributed by atoms with E-state index in [4.69, 9.17) is 9.47 Å². The first-order valence-electron chi connectivity index (χ1n) is 15.2. The minimum Gasteiger partial charge on any atom is -0.496 e. The first kappa shape index (κ1) is 31.3. The van der Waals surface area contributed by atoms with Crippen LogP contribution < -0.4 is 20.3 Å². The molecule has 1 fully saturated rings. The summed E-state index contributed by atoms with van der Waals surface area (Å²) in [6.45, 7) is 6.48. The summed E-state index contributed by atoms with van der Waals surface area (Å²) in [6, 6.07) is 18.6. The molecule has 47 heavy (non-hydrogen) atoms. The number of ether oxygens (including phenoxy) is 2. The van der Waals surface area contributed by atoms with Gasteiger partial charge in [-0.1, -0.05) is 24.8 Å². The van der Waals surface area contributed by atoms with Crippen LogP contribution in [0.2, 0.25) is 0 Å². The molecule has 0 atom stereocenters. The minimum absolute atomic E-state index is 0.0374. The van der Waals surface area contributed by atoms with E-state index in [0.717, 1.165) is 24.5 Å². The molecule has 1 N–H and O–H groups in total. The van der Waals surface area contributed by atoms with Crippen LogP contribution in [0.15, 0.2) is 90.4 Å². The molecular weight excluding hydrogens is 601 g/mol. The number of piperidine rings is 1. The number of fused-ring (bicyclic) bond motifs is 1. The molecule has 11 heteroatoms. The van der Waals surface area contributed by atoms with Gasteiger partial charge in [-0.15, -0.1) is 0 Å². The fourth-order valence-electron chi connectivity index (χ4n) is 6.09. The van der Waals surface area contributed by atoms with Gasteiger partial charge in [-0.05, 0) is 73.7 Å². The lowest BCUT2D eigenvalue weighted by Gasteiger charge is -2.32. The van der Waals surface area contributed by atoms with Gasteiger partial charge >= 0.3 is 0 Å². The monoisotopic (exact) mass is 635 g/mol. The first-order valence-corrected chi connectivity index (χ1v) is 15.2. The molecule has 0 saturated carbocycles. The number of methoxy groups -OCH3 is 1. The number of para-hydroxylation sites is 1. The molecule has 0 spiro atoms. The molecule has 3 aromatic carbocycles. The number of hydrogen-bond acceptors (Lipinski definition) is 6. The van der Waals surface area contributed by atoms with E-state index in [1.54, 1.807) is 67.2 Å². The number of benzene rings is 3. The number of hydrogen-bond donors (Lipinski definition) is 1. The van der Waals surface area contributed by atoms with Crippen LogP contribution in [0.5, 0.6) is 17.2 Å². The number of carbonyl (C=O) groups excluding carboxylic acids is 2. The predicted molar refractivity (Wildman–Crippen MR) is 177 cm³/mol. The highest BCUT2D eigenvalue weighted by Crippen LogP contribution is 2.40. The molecule has 5 aromatic rings. The molecule has 0 radical (unpaired) electrons. The number of anilines is 1. The van der Waals surface area contributed by atoms with Crippen LogP contribution in [0, 0.1) is 12.7 Å². The van der Waals surface area contributed by atoms with Crippen molar-refractivity contribution in [3.8, 4) is 22.9 Å². The van der Waals surface area contributed by atoms with E-state index in [0.29, 0.717) is 46.9 Å². The highest BCUT2D eigenvalue weighted by Gasteiger charge is 2.26. The Hall–Kier alpha value is -5.71. The highest BCUT2D eigenvalue weighted by atomic mass is 19.1. The average Bonchev–Trinajstić information content (AvgIpc) is 3.32. The van der Waals surface area contributed by atoms with Crippen LogP contribution >= 0.6 is 0 Å². The van der Waals surface area contributed by atoms with Crippen molar-refractivity contribution in [3.05, 3.63) is 119 Å². The topological polar surface area (TPSA) is 108 Å². The van der Waals surface area contributed by atoms with Gasteiger partial charge in [-0.25, -0.2) is 9.07 Å². The Morgan fingerprint density at radius 1 is 1.02 bits per heavy atom. The lowest BCUT2D eigenvalue weighted by atomic mass is 9.87. The largest absolute Gasteiger partial charge is 0.496 e. The Balaban J connectivity index is 1.24. The number of nitrogens with zero attached hydrogens (tertiary/aromatic N) is 4. The molecule has 10 nitrogen and oxygen atoms in total. The zero-order valence-electron chi connectivity index (χ0n) is 26.3. The maximum atomic E-state index is 15.4. The van der Waals surface area contributed by atoms with Crippen LogP contribution in [0.3, 0.4) is 0 Å². The van der Waals surface area contributed by atoms with Gasteiger partial charge in [-0.2, -0.15) is 0 Å². The second kappa shape index (κ2) is 13.0. The molecule has 2 amide bonds. The zero-order valence-corrected chi connectivity index (χ0v) is 26.3. The Morgan fingerprint density at radius 3 is 2.45 bits per heavy atom. The normalized spacial score (nSPS) is 13.4. The van der Waals surface area contributed by atoms with Gasteiger partial charge in [0.1, 0.15) is 17.1 Å². The molecule has 0 aliphatic carbocycles. The van der Waals surface area contributed by atoms with E-state index in [2.05, 4.69) is 16.9 Å². The molecule has 1 saturated heterocycles. The molecule has 0 bridgehead atoms. The maximum Gasteiger partial charge on any atom is 0.284 e. The number of likely N-dealkylation sites (tertiary alicyclic amines) is 1. The van der Waals surface area contributed by atoms with Crippen molar-refractivity contribution < 1.29 is 23.5 Å². The summed E-state index contributed by atoms with van der Waals surface area (Å²) in [5.74, 6) is -0.254. The van der Waals surface area contributed by atoms with Crippen LogP contribution in [-0.4, -0.2) is 51.3 Å². The Morgan fingerprint density at radius 2 is 1.77 bits per heavy atom. The van der Waals surface area contributed by atoms with Gasteiger partial charge in [0.25, 0.3) is 11.5 Å². The molecule has 1 aliphatic heterocycles. The number of aromatic nitrogens is 3. The molecule has 3 heterocycles. The van der Waals surface area contributed by atoms with Crippen LogP contribution in [0.4, 0.5) is 10.1 Å². The van der Waals surface area contributed by atoms with Gasteiger partial charge in [0.2, 0.25) is 5.91 Å². The van der Waals surface area contributed by atoms with Crippen molar-refractivity contribution in [3.63, 3.8) is 0 Å². The summed E-state index contributed by atoms with van der Waals surface area (Å²) in [5.41, 5.74) is 2.31. The Bertz CT molecular complexity index is 2060. The summed E-state index contributed by atoms with van der Waals surface area (Å²) in [6.07, 6.45) is 4.41. The van der Waals surface area contributed by atoms with E-state index in [-0.39, 0.29) is 28.8 Å². The standard InChI is InChI=1S/C36H34FN5O5/c1-5-33(43)41-17-14-23(15-18-41)26-20-27-29(21-32(26)46-4)38-16-13-30(27)47-31-12-11-24(19-28(31)37)39-35(44)34-22(2)40(3)42(36(34)45)25-9-7-6-8-10-25/h5-13,16,19-21,23H,1,14-15,17-18H2,2-4H3,(H,39,44). The third-order valence-electron chi connectivity index (χ3n) is 8.67. The van der Waals surface area contributed by atoms with E-state index >= 15 is 4.39 Å². The minimum atomic E-state index is -0.702. The summed E-state index contributed by atoms with van der Waals surface area (Å²) in [4.78, 5) is 44.8. The maximum absolute atomic E-state index is 15.4. The number of nitrogens with one attached hydrogen (secondary N) is 1. The second-order valence-electron chi connectivity index (χ2n) is 11.4. The van der Waals surface area contributed by atoms with Crippen molar-refractivity contribution in [1.29, 1.82) is 0 Å². The molecule has 2 aromatic heterocycles. The molecule has 240 valence electrons. The van der Waals surface area contributed by atoms with Gasteiger partial charge in [-0.3, -0.25) is 24.0 Å². The summed E-state index contributed by atoms with van der Waals surface area (Å²) in [5, 5.41) is 3.33. The van der Waals surface area contributed by atoms with Gasteiger partial charge in [0.05, 0.1) is 24.0 Å².